The van der Waals surface area contributed by atoms with E-state index >= 15 is 0 Å². The summed E-state index contributed by atoms with van der Waals surface area (Å²) in [4.78, 5) is 37.2. The number of fused-ring (bicyclic) bond motifs is 1. The van der Waals surface area contributed by atoms with Gasteiger partial charge in [0.15, 0.2) is 5.04 Å². The number of hydrogen-bond donors (Lipinski definition) is 2. The van der Waals surface area contributed by atoms with Crippen molar-refractivity contribution in [3.63, 3.8) is 0 Å². The van der Waals surface area contributed by atoms with Gasteiger partial charge in [0.25, 0.3) is 5.91 Å². The monoisotopic (exact) mass is 298 g/mol. The lowest BCUT2D eigenvalue weighted by Crippen LogP contribution is -2.49. The van der Waals surface area contributed by atoms with Crippen molar-refractivity contribution in [3.05, 3.63) is 11.0 Å². The fraction of sp³-hybridized carbons (Fsp3) is 0.500. The maximum atomic E-state index is 12.0. The van der Waals surface area contributed by atoms with Gasteiger partial charge in [0.1, 0.15) is 5.92 Å². The average molecular weight is 298 g/mol. The van der Waals surface area contributed by atoms with Crippen LogP contribution in [0.25, 0.3) is 0 Å². The van der Waals surface area contributed by atoms with E-state index in [0.29, 0.717) is 9.95 Å². The van der Waals surface area contributed by atoms with Crippen LogP contribution in [0.15, 0.2) is 11.0 Å². The molecule has 0 aromatic heterocycles. The van der Waals surface area contributed by atoms with Crippen molar-refractivity contribution in [2.45, 2.75) is 13.0 Å². The minimum absolute atomic E-state index is 0.138. The first-order valence-corrected chi connectivity index (χ1v) is 6.92. The Balaban J connectivity index is 2.21. The van der Waals surface area contributed by atoms with Crippen LogP contribution in [0.5, 0.6) is 0 Å². The van der Waals surface area contributed by atoms with Crippen molar-refractivity contribution >= 4 is 34.7 Å². The lowest BCUT2D eigenvalue weighted by molar-refractivity contribution is -0.403. The number of urea groups is 1. The molecule has 2 atom stereocenters. The SMILES string of the molecule is CC(O)CNC(=O)C1=CC2C(=O)N(C)C(=O)[N+](C)=C2S1. The minimum Gasteiger partial charge on any atom is -0.392 e. The van der Waals surface area contributed by atoms with E-state index in [-0.39, 0.29) is 18.4 Å². The third kappa shape index (κ3) is 2.48. The third-order valence-electron chi connectivity index (χ3n) is 3.08. The molecule has 2 aliphatic rings. The molecule has 2 heterocycles. The molecule has 0 saturated heterocycles. The number of nitrogens with one attached hydrogen (secondary N) is 1. The first-order valence-electron chi connectivity index (χ1n) is 6.11. The molecule has 2 N–H and O–H groups in total. The summed E-state index contributed by atoms with van der Waals surface area (Å²) in [6.07, 6.45) is 0.914. The summed E-state index contributed by atoms with van der Waals surface area (Å²) in [5.74, 6) is -1.27. The van der Waals surface area contributed by atoms with Crippen molar-refractivity contribution in [2.24, 2.45) is 5.92 Å². The number of carbonyl (C=O) groups excluding carboxylic acids is 3. The molecule has 0 bridgehead atoms. The number of aliphatic hydroxyl groups is 1. The Morgan fingerprint density at radius 1 is 1.60 bits per heavy atom. The predicted molar refractivity (Wildman–Crippen MR) is 73.2 cm³/mol. The summed E-state index contributed by atoms with van der Waals surface area (Å²) in [6.45, 7) is 1.70. The number of thioether (sulfide) groups is 1. The van der Waals surface area contributed by atoms with Crippen LogP contribution in [0.1, 0.15) is 6.92 Å². The second-order valence-corrected chi connectivity index (χ2v) is 5.81. The average Bonchev–Trinajstić information content (AvgIpc) is 2.85. The zero-order valence-corrected chi connectivity index (χ0v) is 12.2. The molecule has 0 fully saturated rings. The maximum Gasteiger partial charge on any atom is 0.500 e. The largest absolute Gasteiger partial charge is 0.500 e. The van der Waals surface area contributed by atoms with Crippen LogP contribution >= 0.6 is 11.8 Å². The first kappa shape index (κ1) is 14.7. The van der Waals surface area contributed by atoms with E-state index in [1.807, 2.05) is 0 Å². The van der Waals surface area contributed by atoms with Gasteiger partial charge >= 0.3 is 11.9 Å². The first-order chi connectivity index (χ1) is 9.32. The van der Waals surface area contributed by atoms with Crippen LogP contribution in [0.4, 0.5) is 4.79 Å². The third-order valence-corrected chi connectivity index (χ3v) is 4.36. The number of nitrogens with zero attached hydrogens (tertiary/aromatic N) is 2. The molecule has 2 aliphatic heterocycles. The number of carbonyl (C=O) groups is 3. The molecule has 0 aromatic carbocycles. The van der Waals surface area contributed by atoms with Gasteiger partial charge in [0, 0.05) is 6.54 Å². The highest BCUT2D eigenvalue weighted by Crippen LogP contribution is 2.35. The van der Waals surface area contributed by atoms with E-state index in [9.17, 15) is 14.4 Å². The van der Waals surface area contributed by atoms with Gasteiger partial charge in [0.2, 0.25) is 0 Å². The van der Waals surface area contributed by atoms with Gasteiger partial charge in [-0.3, -0.25) is 4.79 Å². The molecular formula is C12H16N3O4S+. The van der Waals surface area contributed by atoms with E-state index < -0.39 is 18.1 Å². The van der Waals surface area contributed by atoms with Crippen molar-refractivity contribution in [3.8, 4) is 0 Å². The van der Waals surface area contributed by atoms with Crippen LogP contribution in [0.3, 0.4) is 0 Å². The van der Waals surface area contributed by atoms with Crippen molar-refractivity contribution in [2.75, 3.05) is 20.6 Å². The van der Waals surface area contributed by atoms with Gasteiger partial charge in [-0.25, -0.2) is 4.79 Å². The maximum absolute atomic E-state index is 12.0. The minimum atomic E-state index is -0.641. The van der Waals surface area contributed by atoms with Crippen LogP contribution in [0, 0.1) is 5.92 Å². The molecule has 2 rings (SSSR count). The molecule has 0 saturated carbocycles. The second kappa shape index (κ2) is 5.37. The van der Waals surface area contributed by atoms with Crippen LogP contribution in [0.2, 0.25) is 0 Å². The van der Waals surface area contributed by atoms with E-state index in [2.05, 4.69) is 5.32 Å². The Hall–Kier alpha value is -1.67. The molecule has 7 nitrogen and oxygen atoms in total. The normalized spacial score (nSPS) is 23.7. The molecule has 0 radical (unpaired) electrons. The van der Waals surface area contributed by atoms with Crippen molar-refractivity contribution < 1.29 is 24.1 Å². The number of rotatable bonds is 3. The molecule has 8 heteroatoms. The Kier molecular flexibility index (Phi) is 3.96. The Bertz CT molecular complexity index is 553. The number of hydrogen-bond acceptors (Lipinski definition) is 5. The number of aliphatic hydroxyl groups excluding tert-OH is 1. The fourth-order valence-corrected chi connectivity index (χ4v) is 3.06. The van der Waals surface area contributed by atoms with E-state index in [1.54, 1.807) is 20.0 Å². The summed E-state index contributed by atoms with van der Waals surface area (Å²) >= 11 is 1.11. The number of amides is 4. The van der Waals surface area contributed by atoms with Crippen LogP contribution < -0.4 is 5.32 Å². The van der Waals surface area contributed by atoms with Crippen LogP contribution in [-0.2, 0) is 9.59 Å². The fourth-order valence-electron chi connectivity index (χ4n) is 1.96. The number of imide groups is 1. The standard InChI is InChI=1S/C12H15N3O4S/c1-6(16)5-13-9(17)8-4-7-10(18)14(2)12(19)15(3)11(7)20-8/h4,6-7,16H,5H2,1-3H3/p+1. The van der Waals surface area contributed by atoms with Gasteiger partial charge in [-0.2, -0.15) is 14.3 Å². The molecule has 4 amide bonds. The van der Waals surface area contributed by atoms with Gasteiger partial charge in [-0.05, 0) is 24.8 Å². The second-order valence-electron chi connectivity index (χ2n) is 4.75. The lowest BCUT2D eigenvalue weighted by atomic mass is 10.1. The van der Waals surface area contributed by atoms with Gasteiger partial charge in [-0.1, -0.05) is 0 Å². The van der Waals surface area contributed by atoms with E-state index in [1.165, 1.54) is 11.6 Å². The smallest absolute Gasteiger partial charge is 0.392 e. The van der Waals surface area contributed by atoms with Crippen molar-refractivity contribution in [1.29, 1.82) is 0 Å². The van der Waals surface area contributed by atoms with Crippen molar-refractivity contribution in [1.82, 2.24) is 10.2 Å². The Labute approximate surface area is 120 Å². The molecule has 0 spiro atoms. The lowest BCUT2D eigenvalue weighted by Gasteiger charge is -2.18. The highest BCUT2D eigenvalue weighted by atomic mass is 32.2. The van der Waals surface area contributed by atoms with Gasteiger partial charge in [0.05, 0.1) is 25.1 Å². The molecule has 108 valence electrons. The topological polar surface area (TPSA) is 89.7 Å². The summed E-state index contributed by atoms with van der Waals surface area (Å²) < 4.78 is 1.38. The zero-order valence-electron chi connectivity index (χ0n) is 11.4. The molecule has 0 aliphatic carbocycles. The summed E-state index contributed by atoms with van der Waals surface area (Å²) in [7, 11) is 2.99. The Morgan fingerprint density at radius 3 is 2.85 bits per heavy atom. The zero-order chi connectivity index (χ0) is 15.0. The molecule has 2 unspecified atom stereocenters. The summed E-state index contributed by atoms with van der Waals surface area (Å²) in [6, 6.07) is -0.409. The molecule has 20 heavy (non-hydrogen) atoms. The highest BCUT2D eigenvalue weighted by Gasteiger charge is 2.48. The highest BCUT2D eigenvalue weighted by molar-refractivity contribution is 8.18. The molecular weight excluding hydrogens is 282 g/mol. The van der Waals surface area contributed by atoms with E-state index in [0.717, 1.165) is 16.7 Å². The summed E-state index contributed by atoms with van der Waals surface area (Å²) in [5, 5.41) is 12.3. The quantitative estimate of drug-likeness (QED) is 0.677. The van der Waals surface area contributed by atoms with Crippen LogP contribution in [-0.4, -0.2) is 64.2 Å². The van der Waals surface area contributed by atoms with E-state index in [4.69, 9.17) is 5.11 Å². The van der Waals surface area contributed by atoms with Gasteiger partial charge in [-0.15, -0.1) is 0 Å². The summed E-state index contributed by atoms with van der Waals surface area (Å²) in [5.41, 5.74) is 0. The Morgan fingerprint density at radius 2 is 2.25 bits per heavy atom. The van der Waals surface area contributed by atoms with Gasteiger partial charge < -0.3 is 10.4 Å². The molecule has 0 aromatic rings. The predicted octanol–water partition coefficient (Wildman–Crippen LogP) is -0.637.